The first-order valence-corrected chi connectivity index (χ1v) is 7.58. The molecule has 0 saturated carbocycles. The summed E-state index contributed by atoms with van der Waals surface area (Å²) in [6, 6.07) is 8.39. The smallest absolute Gasteiger partial charge is 0.0146 e. The summed E-state index contributed by atoms with van der Waals surface area (Å²) in [6.45, 7) is 3.71. The van der Waals surface area contributed by atoms with E-state index in [1.165, 1.54) is 5.56 Å². The summed E-state index contributed by atoms with van der Waals surface area (Å²) in [4.78, 5) is 0. The lowest BCUT2D eigenvalue weighted by molar-refractivity contribution is 1.40. The van der Waals surface area contributed by atoms with Crippen LogP contribution < -0.4 is 0 Å². The van der Waals surface area contributed by atoms with Gasteiger partial charge in [-0.15, -0.1) is 0 Å². The van der Waals surface area contributed by atoms with Crippen LogP contribution in [-0.2, 0) is 5.75 Å². The van der Waals surface area contributed by atoms with E-state index in [1.807, 2.05) is 6.08 Å². The molecule has 0 radical (unpaired) electrons. The van der Waals surface area contributed by atoms with Crippen LogP contribution in [0.1, 0.15) is 11.1 Å². The Hall–Kier alpha value is -0.400. The Bertz CT molecular complexity index is 282. The second kappa shape index (κ2) is 4.21. The molecule has 13 heavy (non-hydrogen) atoms. The molecule has 0 atom stereocenters. The van der Waals surface area contributed by atoms with E-state index in [1.54, 1.807) is 0 Å². The molecule has 1 aromatic rings. The largest absolute Gasteiger partial charge is 0.165 e. The first-order valence-electron chi connectivity index (χ1n) is 4.13. The van der Waals surface area contributed by atoms with E-state index >= 15 is 0 Å². The van der Waals surface area contributed by atoms with E-state index in [0.717, 1.165) is 11.3 Å². The van der Waals surface area contributed by atoms with Crippen molar-refractivity contribution in [3.05, 3.63) is 42.0 Å². The molecule has 72 valence electrons. The molecule has 0 N–H and O–H groups in total. The maximum Gasteiger partial charge on any atom is 0.0146 e. The Morgan fingerprint density at radius 1 is 1.31 bits per heavy atom. The maximum atomic E-state index is 6.20. The van der Waals surface area contributed by atoms with Gasteiger partial charge in [-0.3, -0.25) is 0 Å². The topological polar surface area (TPSA) is 0 Å². The van der Waals surface area contributed by atoms with Gasteiger partial charge in [-0.25, -0.2) is 0 Å². The van der Waals surface area contributed by atoms with Gasteiger partial charge >= 0.3 is 0 Å². The summed E-state index contributed by atoms with van der Waals surface area (Å²) in [5.74, 6) is 0.978. The van der Waals surface area contributed by atoms with Gasteiger partial charge in [-0.05, 0) is 23.6 Å². The van der Waals surface area contributed by atoms with Crippen molar-refractivity contribution < 1.29 is 0 Å². The molecule has 0 aromatic heterocycles. The van der Waals surface area contributed by atoms with Crippen LogP contribution in [0.15, 0.2) is 30.8 Å². The predicted molar refractivity (Wildman–Crippen MR) is 65.5 cm³/mol. The van der Waals surface area contributed by atoms with Crippen LogP contribution in [0, 0.1) is 0 Å². The molecule has 0 aliphatic carbocycles. The highest BCUT2D eigenvalue weighted by atomic mass is 35.7. The Balaban J connectivity index is 2.75. The molecule has 0 nitrogen and oxygen atoms in total. The van der Waals surface area contributed by atoms with Gasteiger partial charge in [-0.1, -0.05) is 47.6 Å². The van der Waals surface area contributed by atoms with Gasteiger partial charge in [-0.2, -0.15) is 9.24 Å². The first kappa shape index (κ1) is 10.7. The van der Waals surface area contributed by atoms with Gasteiger partial charge in [0.1, 0.15) is 0 Å². The second-order valence-electron chi connectivity index (χ2n) is 3.49. The van der Waals surface area contributed by atoms with Crippen LogP contribution in [0.4, 0.5) is 0 Å². The quantitative estimate of drug-likeness (QED) is 0.712. The molecule has 0 heterocycles. The van der Waals surface area contributed by atoms with E-state index < -0.39 is 9.24 Å². The zero-order chi connectivity index (χ0) is 9.90. The number of hydrogen-bond donors (Lipinski definition) is 0. The van der Waals surface area contributed by atoms with E-state index in [0.29, 0.717) is 0 Å². The summed E-state index contributed by atoms with van der Waals surface area (Å²) in [5.41, 5.74) is 2.46. The van der Waals surface area contributed by atoms with E-state index in [-0.39, 0.29) is 0 Å². The summed E-state index contributed by atoms with van der Waals surface area (Å²) in [7, 11) is 5.25. The number of benzene rings is 1. The highest BCUT2D eigenvalue weighted by molar-refractivity contribution is 8.49. The van der Waals surface area contributed by atoms with Crippen LogP contribution in [-0.4, -0.2) is 12.5 Å². The summed E-state index contributed by atoms with van der Waals surface area (Å²) >= 11 is 0. The molecular weight excluding hydrogens is 200 g/mol. The minimum absolute atomic E-state index is 0.950. The standard InChI is InChI=1S/C11H15ClS/c1-4-10-5-7-11(8-6-10)9-13(2,3)12/h4-8H,1,9H2,2-3H3. The van der Waals surface area contributed by atoms with Gasteiger partial charge in [0.05, 0.1) is 0 Å². The van der Waals surface area contributed by atoms with Gasteiger partial charge < -0.3 is 0 Å². The normalized spacial score (nSPS) is 12.5. The molecule has 0 bridgehead atoms. The zero-order valence-electron chi connectivity index (χ0n) is 8.09. The lowest BCUT2D eigenvalue weighted by Crippen LogP contribution is -1.91. The molecule has 1 rings (SSSR count). The third kappa shape index (κ3) is 3.88. The van der Waals surface area contributed by atoms with E-state index in [2.05, 4.69) is 43.4 Å². The van der Waals surface area contributed by atoms with Crippen molar-refractivity contribution in [2.24, 2.45) is 0 Å². The Morgan fingerprint density at radius 3 is 2.23 bits per heavy atom. The lowest BCUT2D eigenvalue weighted by atomic mass is 10.1. The van der Waals surface area contributed by atoms with Crippen LogP contribution in [0.3, 0.4) is 0 Å². The Kier molecular flexibility index (Phi) is 3.46. The van der Waals surface area contributed by atoms with Gasteiger partial charge in [0, 0.05) is 5.75 Å². The number of halogens is 1. The zero-order valence-corrected chi connectivity index (χ0v) is 9.66. The average Bonchev–Trinajstić information content (AvgIpc) is 2.03. The third-order valence-corrected chi connectivity index (χ3v) is 3.07. The van der Waals surface area contributed by atoms with Gasteiger partial charge in [0.15, 0.2) is 0 Å². The monoisotopic (exact) mass is 214 g/mol. The summed E-state index contributed by atoms with van der Waals surface area (Å²) < 4.78 is 0. The summed E-state index contributed by atoms with van der Waals surface area (Å²) in [6.07, 6.45) is 6.06. The molecule has 0 amide bonds. The SMILES string of the molecule is C=Cc1ccc(CS(C)(C)Cl)cc1. The first-order chi connectivity index (χ1) is 6.01. The molecule has 1 aromatic carbocycles. The van der Waals surface area contributed by atoms with Crippen molar-refractivity contribution >= 4 is 26.0 Å². The van der Waals surface area contributed by atoms with Crippen molar-refractivity contribution in [1.82, 2.24) is 0 Å². The van der Waals surface area contributed by atoms with Crippen molar-refractivity contribution in [2.45, 2.75) is 5.75 Å². The molecule has 0 aliphatic rings. The molecule has 0 unspecified atom stereocenters. The highest BCUT2D eigenvalue weighted by Gasteiger charge is 2.07. The fourth-order valence-corrected chi connectivity index (χ4v) is 2.51. The van der Waals surface area contributed by atoms with Crippen LogP contribution in [0.5, 0.6) is 0 Å². The average molecular weight is 215 g/mol. The Morgan fingerprint density at radius 2 is 1.85 bits per heavy atom. The van der Waals surface area contributed by atoms with Gasteiger partial charge in [0.25, 0.3) is 0 Å². The molecule has 0 saturated heterocycles. The minimum Gasteiger partial charge on any atom is -0.165 e. The molecule has 0 fully saturated rings. The van der Waals surface area contributed by atoms with Crippen molar-refractivity contribution in [3.63, 3.8) is 0 Å². The fraction of sp³-hybridized carbons (Fsp3) is 0.273. The van der Waals surface area contributed by atoms with Gasteiger partial charge in [0.2, 0.25) is 0 Å². The van der Waals surface area contributed by atoms with Crippen LogP contribution >= 0.6 is 19.9 Å². The minimum atomic E-state index is -0.950. The van der Waals surface area contributed by atoms with Crippen molar-refractivity contribution in [2.75, 3.05) is 12.5 Å². The molecule has 2 heteroatoms. The maximum absolute atomic E-state index is 6.20. The third-order valence-electron chi connectivity index (χ3n) is 1.73. The van der Waals surface area contributed by atoms with E-state index in [9.17, 15) is 0 Å². The lowest BCUT2D eigenvalue weighted by Gasteiger charge is -2.21. The summed E-state index contributed by atoms with van der Waals surface area (Å²) in [5, 5.41) is 0. The molecule has 0 spiro atoms. The van der Waals surface area contributed by atoms with E-state index in [4.69, 9.17) is 10.7 Å². The highest BCUT2D eigenvalue weighted by Crippen LogP contribution is 2.48. The number of hydrogen-bond acceptors (Lipinski definition) is 0. The van der Waals surface area contributed by atoms with Crippen molar-refractivity contribution in [3.8, 4) is 0 Å². The van der Waals surface area contributed by atoms with Crippen LogP contribution in [0.2, 0.25) is 0 Å². The second-order valence-corrected chi connectivity index (χ2v) is 9.09. The predicted octanol–water partition coefficient (Wildman–Crippen LogP) is 4.05. The van der Waals surface area contributed by atoms with Crippen molar-refractivity contribution in [1.29, 1.82) is 0 Å². The van der Waals surface area contributed by atoms with Crippen LogP contribution in [0.25, 0.3) is 6.08 Å². The fourth-order valence-electron chi connectivity index (χ4n) is 1.15. The number of rotatable bonds is 3. The molecular formula is C11H15ClS. The Labute approximate surface area is 86.4 Å². The molecule has 0 aliphatic heterocycles.